The van der Waals surface area contributed by atoms with Gasteiger partial charge in [0.1, 0.15) is 5.75 Å². The van der Waals surface area contributed by atoms with Crippen LogP contribution in [0.4, 0.5) is 0 Å². The van der Waals surface area contributed by atoms with Crippen molar-refractivity contribution < 1.29 is 9.90 Å². The second-order valence-electron chi connectivity index (χ2n) is 14.9. The first kappa shape index (κ1) is 30.2. The molecule has 1 aliphatic rings. The number of ketones is 1. The van der Waals surface area contributed by atoms with Gasteiger partial charge in [0.15, 0.2) is 5.78 Å². The topological polar surface area (TPSA) is 37.3 Å². The monoisotopic (exact) mass is 522 g/mol. The molecule has 0 radical (unpaired) electrons. The van der Waals surface area contributed by atoms with E-state index in [0.717, 1.165) is 50.1 Å². The normalized spacial score (nSPS) is 15.1. The summed E-state index contributed by atoms with van der Waals surface area (Å²) in [5.74, 6) is 3.18. The van der Waals surface area contributed by atoms with Crippen LogP contribution in [0.2, 0.25) is 0 Å². The summed E-state index contributed by atoms with van der Waals surface area (Å²) in [6.07, 6.45) is 9.83. The van der Waals surface area contributed by atoms with Crippen molar-refractivity contribution in [1.82, 2.24) is 0 Å². The van der Waals surface area contributed by atoms with E-state index in [1.54, 1.807) is 0 Å². The molecule has 0 aromatic heterocycles. The molecule has 2 aromatic carbocycles. The molecule has 2 heteroatoms. The maximum atomic E-state index is 13.7. The molecule has 0 bridgehead atoms. The minimum atomic E-state index is -0.326. The van der Waals surface area contributed by atoms with Crippen molar-refractivity contribution in [2.45, 2.75) is 93.9 Å². The van der Waals surface area contributed by atoms with Gasteiger partial charge in [0.2, 0.25) is 0 Å². The average Bonchev–Trinajstić information content (AvgIpc) is 2.78. The summed E-state index contributed by atoms with van der Waals surface area (Å²) < 4.78 is 0. The van der Waals surface area contributed by atoms with Gasteiger partial charge >= 0.3 is 0 Å². The van der Waals surface area contributed by atoms with E-state index in [9.17, 15) is 9.90 Å². The first-order valence-corrected chi connectivity index (χ1v) is 13.8. The average molecular weight is 523 g/mol. The van der Waals surface area contributed by atoms with Crippen LogP contribution in [-0.2, 0) is 15.6 Å². The van der Waals surface area contributed by atoms with Crippen molar-refractivity contribution in [3.8, 4) is 18.1 Å². The van der Waals surface area contributed by atoms with Gasteiger partial charge < -0.3 is 5.11 Å². The van der Waals surface area contributed by atoms with Crippen LogP contribution in [0.5, 0.6) is 5.75 Å². The molecule has 0 aliphatic heterocycles. The van der Waals surface area contributed by atoms with Crippen LogP contribution in [0.25, 0.3) is 5.57 Å². The van der Waals surface area contributed by atoms with Crippen LogP contribution in [0.15, 0.2) is 65.3 Å². The summed E-state index contributed by atoms with van der Waals surface area (Å²) >= 11 is 0. The van der Waals surface area contributed by atoms with E-state index in [1.807, 2.05) is 12.1 Å². The fourth-order valence-electron chi connectivity index (χ4n) is 5.04. The summed E-state index contributed by atoms with van der Waals surface area (Å²) in [5.41, 5.74) is 7.04. The lowest BCUT2D eigenvalue weighted by atomic mass is 9.70. The Morgan fingerprint density at radius 3 is 1.41 bits per heavy atom. The molecule has 39 heavy (non-hydrogen) atoms. The second kappa shape index (κ2) is 10.0. The van der Waals surface area contributed by atoms with Crippen molar-refractivity contribution in [1.29, 1.82) is 0 Å². The number of terminal acetylenes is 1. The Morgan fingerprint density at radius 1 is 0.667 bits per heavy atom. The smallest absolute Gasteiger partial charge is 0.186 e. The quantitative estimate of drug-likeness (QED) is 0.399. The van der Waals surface area contributed by atoms with Crippen LogP contribution in [-0.4, -0.2) is 10.9 Å². The Kier molecular flexibility index (Phi) is 7.77. The molecule has 0 spiro atoms. The van der Waals surface area contributed by atoms with Gasteiger partial charge in [0, 0.05) is 27.8 Å². The second-order valence-corrected chi connectivity index (χ2v) is 14.9. The summed E-state index contributed by atoms with van der Waals surface area (Å²) in [7, 11) is 0. The largest absolute Gasteiger partial charge is 0.507 e. The predicted molar refractivity (Wildman–Crippen MR) is 166 cm³/mol. The number of phenolic OH excluding ortho intramolecular Hbond substituents is 1. The Morgan fingerprint density at radius 2 is 1.08 bits per heavy atom. The molecule has 1 N–H and O–H groups in total. The number of carbonyl (C=O) groups excluding carboxylic acids is 1. The number of phenols is 1. The highest BCUT2D eigenvalue weighted by molar-refractivity contribution is 6.12. The van der Waals surface area contributed by atoms with Gasteiger partial charge in [-0.1, -0.05) is 101 Å². The molecule has 3 rings (SSSR count). The maximum Gasteiger partial charge on any atom is 0.186 e. The number of benzene rings is 2. The van der Waals surface area contributed by atoms with E-state index in [0.29, 0.717) is 5.75 Å². The maximum absolute atomic E-state index is 13.7. The van der Waals surface area contributed by atoms with Gasteiger partial charge in [0.05, 0.1) is 0 Å². The van der Waals surface area contributed by atoms with Crippen LogP contribution in [0, 0.1) is 23.2 Å². The molecule has 0 amide bonds. The van der Waals surface area contributed by atoms with E-state index >= 15 is 0 Å². The summed E-state index contributed by atoms with van der Waals surface area (Å²) in [5, 5.41) is 11.4. The standard InChI is InChI=1S/C37H46O2/c1-14-23-15-17-24(18-16-23)31(25-19-27(34(2,3)4)32(38)28(20-25)35(5,6)7)26-21-29(36(8,9)10)33(39)30(22-26)37(11,12)13/h1,15-22,38H,2-13H3. The van der Waals surface area contributed by atoms with Gasteiger partial charge in [-0.15, -0.1) is 6.42 Å². The van der Waals surface area contributed by atoms with Crippen molar-refractivity contribution in [2.24, 2.45) is 10.8 Å². The summed E-state index contributed by atoms with van der Waals surface area (Å²) in [6, 6.07) is 12.3. The molecule has 2 nitrogen and oxygen atoms in total. The fraction of sp³-hybridized carbons (Fsp3) is 0.432. The van der Waals surface area contributed by atoms with Gasteiger partial charge in [-0.3, -0.25) is 4.79 Å². The van der Waals surface area contributed by atoms with Gasteiger partial charge in [-0.25, -0.2) is 0 Å². The molecule has 0 heterocycles. The first-order valence-electron chi connectivity index (χ1n) is 13.8. The molecule has 1 aliphatic carbocycles. The highest BCUT2D eigenvalue weighted by Crippen LogP contribution is 2.45. The molecule has 0 saturated carbocycles. The van der Waals surface area contributed by atoms with Crippen LogP contribution in [0.1, 0.15) is 111 Å². The number of rotatable bonds is 2. The van der Waals surface area contributed by atoms with Gasteiger partial charge in [-0.2, -0.15) is 0 Å². The number of hydrogen-bond acceptors (Lipinski definition) is 2. The van der Waals surface area contributed by atoms with Crippen molar-refractivity contribution in [3.63, 3.8) is 0 Å². The number of aromatic hydroxyl groups is 1. The number of carbonyl (C=O) groups is 1. The third-order valence-corrected chi connectivity index (χ3v) is 7.35. The zero-order valence-corrected chi connectivity index (χ0v) is 26.1. The zero-order chi connectivity index (χ0) is 29.7. The predicted octanol–water partition coefficient (Wildman–Crippen LogP) is 9.30. The van der Waals surface area contributed by atoms with Gasteiger partial charge in [0.25, 0.3) is 0 Å². The minimum Gasteiger partial charge on any atom is -0.507 e. The molecule has 206 valence electrons. The highest BCUT2D eigenvalue weighted by Gasteiger charge is 2.35. The van der Waals surface area contributed by atoms with Crippen LogP contribution < -0.4 is 0 Å². The minimum absolute atomic E-state index is 0.109. The zero-order valence-electron chi connectivity index (χ0n) is 26.1. The third-order valence-electron chi connectivity index (χ3n) is 7.35. The van der Waals surface area contributed by atoms with E-state index < -0.39 is 0 Å². The Bertz CT molecular complexity index is 1350. The van der Waals surface area contributed by atoms with Crippen molar-refractivity contribution in [2.75, 3.05) is 0 Å². The van der Waals surface area contributed by atoms with Gasteiger partial charge in [-0.05, 0) is 80.4 Å². The molecule has 0 saturated heterocycles. The van der Waals surface area contributed by atoms with E-state index in [4.69, 9.17) is 6.42 Å². The van der Waals surface area contributed by atoms with Crippen LogP contribution in [0.3, 0.4) is 0 Å². The van der Waals surface area contributed by atoms with Crippen LogP contribution >= 0.6 is 0 Å². The molecule has 2 aromatic rings. The first-order chi connectivity index (χ1) is 17.7. The molecule has 0 unspecified atom stereocenters. The SMILES string of the molecule is C#Cc1ccc(C(=C2C=C(C(C)(C)C)C(=O)C(C(C)(C)C)=C2)c2cc(C(C)(C)C)c(O)c(C(C)(C)C)c2)cc1. The number of Topliss-reactive ketones (excluding diaryl/α,β-unsaturated/α-hetero) is 1. The lowest BCUT2D eigenvalue weighted by Crippen LogP contribution is -2.28. The summed E-state index contributed by atoms with van der Waals surface area (Å²) in [6.45, 7) is 25.3. The molecule has 0 fully saturated rings. The summed E-state index contributed by atoms with van der Waals surface area (Å²) in [4.78, 5) is 13.7. The highest BCUT2D eigenvalue weighted by atomic mass is 16.3. The number of hydrogen-bond donors (Lipinski definition) is 1. The van der Waals surface area contributed by atoms with Crippen molar-refractivity contribution >= 4 is 11.4 Å². The van der Waals surface area contributed by atoms with E-state index in [2.05, 4.69) is 125 Å². The molecule has 0 atom stereocenters. The Hall–Kier alpha value is -3.31. The fourth-order valence-corrected chi connectivity index (χ4v) is 5.04. The third kappa shape index (κ3) is 6.30. The molecular weight excluding hydrogens is 476 g/mol. The van der Waals surface area contributed by atoms with Crippen molar-refractivity contribution in [3.05, 3.63) is 93.1 Å². The molecular formula is C37H46O2. The van der Waals surface area contributed by atoms with E-state index in [1.165, 1.54) is 0 Å². The lowest BCUT2D eigenvalue weighted by molar-refractivity contribution is -0.114. The lowest BCUT2D eigenvalue weighted by Gasteiger charge is -2.32. The Balaban J connectivity index is 2.59. The van der Waals surface area contributed by atoms with E-state index in [-0.39, 0.29) is 27.4 Å². The Labute approximate surface area is 236 Å². The number of allylic oxidation sites excluding steroid dienone is 5.